The van der Waals surface area contributed by atoms with Crippen molar-refractivity contribution in [2.75, 3.05) is 0 Å². The van der Waals surface area contributed by atoms with Crippen molar-refractivity contribution in [3.63, 3.8) is 0 Å². The molecule has 84 valence electrons. The third kappa shape index (κ3) is 3.33. The molecule has 15 heavy (non-hydrogen) atoms. The predicted octanol–water partition coefficient (Wildman–Crippen LogP) is 3.16. The molecule has 1 aromatic heterocycles. The van der Waals surface area contributed by atoms with E-state index in [9.17, 15) is 17.2 Å². The molecule has 0 aliphatic heterocycles. The van der Waals surface area contributed by atoms with Gasteiger partial charge in [0.1, 0.15) is 7.40 Å². The Hall–Kier alpha value is 0.710. The zero-order chi connectivity index (χ0) is 11.8. The smallest absolute Gasteiger partial charge is 0.235 e. The lowest BCUT2D eigenvalue weighted by Gasteiger charge is -2.08. The Kier molecular flexibility index (Phi) is 4.52. The molecule has 3 nitrogen and oxygen atoms in total. The highest BCUT2D eigenvalue weighted by molar-refractivity contribution is 14.1. The minimum atomic E-state index is -4.18. The molecule has 1 heterocycles. The molecule has 0 spiro atoms. The lowest BCUT2D eigenvalue weighted by molar-refractivity contribution is 0.146. The molecule has 0 N–H and O–H groups in total. The van der Waals surface area contributed by atoms with Crippen LogP contribution in [-0.4, -0.2) is 13.4 Å². The van der Waals surface area contributed by atoms with Crippen LogP contribution < -0.4 is 0 Å². The summed E-state index contributed by atoms with van der Waals surface area (Å²) in [7, 11) is 0.875. The lowest BCUT2D eigenvalue weighted by Crippen LogP contribution is -2.05. The van der Waals surface area contributed by atoms with Crippen molar-refractivity contribution < 1.29 is 17.2 Å². The number of alkyl halides is 2. The van der Waals surface area contributed by atoms with Crippen molar-refractivity contribution >= 4 is 64.9 Å². The van der Waals surface area contributed by atoms with Gasteiger partial charge in [-0.3, -0.25) is 0 Å². The Balaban J connectivity index is 3.62. The highest BCUT2D eigenvalue weighted by atomic mass is 127. The fraction of sp³-hybridized carbons (Fsp3) is 0.167. The van der Waals surface area contributed by atoms with Crippen LogP contribution in [0.2, 0.25) is 0 Å². The van der Waals surface area contributed by atoms with Gasteiger partial charge in [0, 0.05) is 10.7 Å². The zero-order valence-corrected chi connectivity index (χ0v) is 12.6. The number of pyridine rings is 1. The maximum atomic E-state index is 12.6. The van der Waals surface area contributed by atoms with Gasteiger partial charge in [-0.25, -0.2) is 22.2 Å². The molecule has 0 aliphatic carbocycles. The Bertz CT molecular complexity index is 494. The standard InChI is InChI=1S/C6H2ClF2I2NO2S/c7-15(13,14)2-1-3(10)12-6(11)4(2)5(8)9/h1,5H. The molecule has 0 unspecified atom stereocenters. The minimum absolute atomic E-state index is 0.0614. The van der Waals surface area contributed by atoms with Gasteiger partial charge in [-0.05, 0) is 51.2 Å². The molecule has 0 fully saturated rings. The molecule has 0 aliphatic rings. The Morgan fingerprint density at radius 2 is 1.93 bits per heavy atom. The highest BCUT2D eigenvalue weighted by Gasteiger charge is 2.26. The molecule has 0 bridgehead atoms. The first-order valence-electron chi connectivity index (χ1n) is 3.32. The van der Waals surface area contributed by atoms with Crippen LogP contribution in [0.3, 0.4) is 0 Å². The van der Waals surface area contributed by atoms with E-state index in [2.05, 4.69) is 4.98 Å². The van der Waals surface area contributed by atoms with Gasteiger partial charge in [-0.1, -0.05) is 0 Å². The van der Waals surface area contributed by atoms with E-state index in [0.717, 1.165) is 6.07 Å². The first-order valence-corrected chi connectivity index (χ1v) is 7.79. The van der Waals surface area contributed by atoms with E-state index in [1.807, 2.05) is 0 Å². The Morgan fingerprint density at radius 1 is 1.40 bits per heavy atom. The third-order valence-electron chi connectivity index (χ3n) is 1.42. The molecule has 0 radical (unpaired) electrons. The van der Waals surface area contributed by atoms with E-state index in [1.165, 1.54) is 0 Å². The van der Waals surface area contributed by atoms with Crippen LogP contribution >= 0.6 is 55.9 Å². The number of aromatic nitrogens is 1. The van der Waals surface area contributed by atoms with Gasteiger partial charge in [-0.15, -0.1) is 0 Å². The molecule has 0 atom stereocenters. The second kappa shape index (κ2) is 4.92. The van der Waals surface area contributed by atoms with Gasteiger partial charge in [0.15, 0.2) is 0 Å². The van der Waals surface area contributed by atoms with Crippen LogP contribution in [-0.2, 0) is 9.05 Å². The molecular weight excluding hydrogens is 477 g/mol. The van der Waals surface area contributed by atoms with Crippen LogP contribution in [0.25, 0.3) is 0 Å². The first kappa shape index (κ1) is 13.8. The summed E-state index contributed by atoms with van der Waals surface area (Å²) >= 11 is 3.28. The predicted molar refractivity (Wildman–Crippen MR) is 67.7 cm³/mol. The molecule has 0 saturated heterocycles. The van der Waals surface area contributed by atoms with E-state index >= 15 is 0 Å². The van der Waals surface area contributed by atoms with Crippen molar-refractivity contribution in [2.24, 2.45) is 0 Å². The molecule has 1 rings (SSSR count). The number of rotatable bonds is 2. The average molecular weight is 479 g/mol. The monoisotopic (exact) mass is 479 g/mol. The summed E-state index contributed by atoms with van der Waals surface area (Å²) in [6.07, 6.45) is -2.93. The molecule has 0 aromatic carbocycles. The maximum Gasteiger partial charge on any atom is 0.267 e. The highest BCUT2D eigenvalue weighted by Crippen LogP contribution is 2.32. The fourth-order valence-electron chi connectivity index (χ4n) is 0.873. The van der Waals surface area contributed by atoms with Crippen LogP contribution in [0.1, 0.15) is 12.0 Å². The SMILES string of the molecule is O=S(=O)(Cl)c1cc(I)nc(I)c1C(F)F. The normalized spacial score (nSPS) is 12.1. The number of hydrogen-bond acceptors (Lipinski definition) is 3. The van der Waals surface area contributed by atoms with Crippen LogP contribution in [0.4, 0.5) is 8.78 Å². The summed E-state index contributed by atoms with van der Waals surface area (Å²) < 4.78 is 47.5. The summed E-state index contributed by atoms with van der Waals surface area (Å²) in [5.74, 6) is 0. The van der Waals surface area contributed by atoms with E-state index < -0.39 is 25.9 Å². The second-order valence-corrected chi connectivity index (χ2v) is 7.05. The minimum Gasteiger partial charge on any atom is -0.235 e. The van der Waals surface area contributed by atoms with Crippen LogP contribution in [0.5, 0.6) is 0 Å². The fourth-order valence-corrected chi connectivity index (χ4v) is 4.15. The lowest BCUT2D eigenvalue weighted by atomic mass is 10.3. The van der Waals surface area contributed by atoms with Crippen LogP contribution in [0.15, 0.2) is 11.0 Å². The second-order valence-electron chi connectivity index (χ2n) is 2.39. The van der Waals surface area contributed by atoms with E-state index in [4.69, 9.17) is 10.7 Å². The van der Waals surface area contributed by atoms with Crippen LogP contribution in [0, 0.1) is 7.40 Å². The number of halogens is 5. The zero-order valence-electron chi connectivity index (χ0n) is 6.72. The Labute approximate surface area is 116 Å². The quantitative estimate of drug-likeness (QED) is 0.372. The van der Waals surface area contributed by atoms with Crippen molar-refractivity contribution in [1.29, 1.82) is 0 Å². The van der Waals surface area contributed by atoms with Gasteiger partial charge in [-0.2, -0.15) is 0 Å². The molecular formula is C6H2ClF2I2NO2S. The number of hydrogen-bond donors (Lipinski definition) is 0. The molecule has 0 saturated carbocycles. The van der Waals surface area contributed by atoms with Gasteiger partial charge in [0.05, 0.1) is 10.5 Å². The summed E-state index contributed by atoms with van der Waals surface area (Å²) in [4.78, 5) is 3.16. The molecule has 1 aromatic rings. The van der Waals surface area contributed by atoms with Crippen molar-refractivity contribution in [3.8, 4) is 0 Å². The molecule has 9 heteroatoms. The summed E-state index contributed by atoms with van der Waals surface area (Å²) in [5.41, 5.74) is -0.647. The third-order valence-corrected chi connectivity index (χ3v) is 4.16. The van der Waals surface area contributed by atoms with E-state index in [-0.39, 0.29) is 3.70 Å². The summed E-state index contributed by atoms with van der Waals surface area (Å²) in [6.45, 7) is 0. The van der Waals surface area contributed by atoms with Crippen molar-refractivity contribution in [1.82, 2.24) is 4.98 Å². The van der Waals surface area contributed by atoms with Gasteiger partial charge < -0.3 is 0 Å². The number of nitrogens with zero attached hydrogens (tertiary/aromatic N) is 1. The maximum absolute atomic E-state index is 12.6. The summed E-state index contributed by atoms with van der Waals surface area (Å²) in [6, 6.07) is 1.02. The Morgan fingerprint density at radius 3 is 2.33 bits per heavy atom. The largest absolute Gasteiger partial charge is 0.267 e. The average Bonchev–Trinajstić information content (AvgIpc) is 1.99. The van der Waals surface area contributed by atoms with Crippen molar-refractivity contribution in [3.05, 3.63) is 19.0 Å². The summed E-state index contributed by atoms with van der Waals surface area (Å²) in [5, 5.41) is 0. The topological polar surface area (TPSA) is 47.0 Å². The van der Waals surface area contributed by atoms with Gasteiger partial charge in [0.25, 0.3) is 15.5 Å². The molecule has 0 amide bonds. The van der Waals surface area contributed by atoms with Crippen molar-refractivity contribution in [2.45, 2.75) is 11.3 Å². The van der Waals surface area contributed by atoms with Gasteiger partial charge in [0.2, 0.25) is 0 Å². The van der Waals surface area contributed by atoms with Gasteiger partial charge >= 0.3 is 0 Å². The van der Waals surface area contributed by atoms with E-state index in [0.29, 0.717) is 3.70 Å². The first-order chi connectivity index (χ1) is 6.73. The van der Waals surface area contributed by atoms with E-state index in [1.54, 1.807) is 45.2 Å².